The molecular formula is C33H51N. The second-order valence-corrected chi connectivity index (χ2v) is 10.9. The molecule has 0 spiro atoms. The van der Waals surface area contributed by atoms with Gasteiger partial charge in [0.1, 0.15) is 0 Å². The Hall–Kier alpha value is -1.86. The zero-order valence-electron chi connectivity index (χ0n) is 22.9. The normalized spacial score (nSPS) is 25.7. The lowest BCUT2D eigenvalue weighted by molar-refractivity contribution is 0.0972. The van der Waals surface area contributed by atoms with E-state index in [1.165, 1.54) is 67.2 Å². The van der Waals surface area contributed by atoms with Crippen molar-refractivity contribution in [3.05, 3.63) is 83.6 Å². The first kappa shape index (κ1) is 28.4. The highest BCUT2D eigenvalue weighted by molar-refractivity contribution is 5.39. The predicted octanol–water partition coefficient (Wildman–Crippen LogP) is 9.58. The van der Waals surface area contributed by atoms with E-state index in [0.29, 0.717) is 17.4 Å². The van der Waals surface area contributed by atoms with Gasteiger partial charge in [-0.15, -0.1) is 0 Å². The highest BCUT2D eigenvalue weighted by atomic mass is 14.9. The summed E-state index contributed by atoms with van der Waals surface area (Å²) in [6, 6.07) is 0.628. The van der Waals surface area contributed by atoms with Gasteiger partial charge in [-0.25, -0.2) is 0 Å². The number of hydrogen-bond acceptors (Lipinski definition) is 1. The van der Waals surface area contributed by atoms with E-state index in [2.05, 4.69) is 95.6 Å². The van der Waals surface area contributed by atoms with Gasteiger partial charge in [0.15, 0.2) is 0 Å². The number of rotatable bonds is 13. The number of nitrogens with one attached hydrogen (secondary N) is 1. The molecule has 0 aromatic carbocycles. The van der Waals surface area contributed by atoms with Crippen molar-refractivity contribution in [1.82, 2.24) is 5.32 Å². The Morgan fingerprint density at radius 3 is 2.62 bits per heavy atom. The molecule has 1 N–H and O–H groups in total. The summed E-state index contributed by atoms with van der Waals surface area (Å²) in [6.07, 6.45) is 28.3. The standard InChI is InChI=1S/C33H51N/c1-8-19-33(20-15-16-28(7)29(9-2)22-27(6)21-26(4)5)24-31(23-32(25-33)34-10-3)30-17-13-11-12-14-18-30/h9,11-13,17-18,22,31-32,34H,4,7-8,10,14-16,19-21,23-25H2,1-3,5-6H3/b27-22-,29-9+. The first-order valence-electron chi connectivity index (χ1n) is 13.7. The van der Waals surface area contributed by atoms with Crippen LogP contribution in [-0.4, -0.2) is 12.6 Å². The summed E-state index contributed by atoms with van der Waals surface area (Å²) in [7, 11) is 0. The topological polar surface area (TPSA) is 12.0 Å². The van der Waals surface area contributed by atoms with E-state index in [0.717, 1.165) is 25.8 Å². The Morgan fingerprint density at radius 2 is 1.94 bits per heavy atom. The van der Waals surface area contributed by atoms with Crippen molar-refractivity contribution in [1.29, 1.82) is 0 Å². The quantitative estimate of drug-likeness (QED) is 0.213. The summed E-state index contributed by atoms with van der Waals surface area (Å²) in [4.78, 5) is 0. The summed E-state index contributed by atoms with van der Waals surface area (Å²) < 4.78 is 0. The van der Waals surface area contributed by atoms with Gasteiger partial charge in [0.2, 0.25) is 0 Å². The largest absolute Gasteiger partial charge is 0.314 e. The highest BCUT2D eigenvalue weighted by Crippen LogP contribution is 2.49. The molecule has 0 heterocycles. The van der Waals surface area contributed by atoms with Crippen LogP contribution in [0, 0.1) is 11.3 Å². The summed E-state index contributed by atoms with van der Waals surface area (Å²) in [6.45, 7) is 20.7. The zero-order chi connectivity index (χ0) is 25.0. The molecule has 2 aliphatic carbocycles. The van der Waals surface area contributed by atoms with E-state index in [1.54, 1.807) is 5.57 Å². The Morgan fingerprint density at radius 1 is 1.15 bits per heavy atom. The maximum absolute atomic E-state index is 4.48. The van der Waals surface area contributed by atoms with Gasteiger partial charge in [-0.1, -0.05) is 87.1 Å². The maximum atomic E-state index is 4.48. The first-order chi connectivity index (χ1) is 16.3. The van der Waals surface area contributed by atoms with Gasteiger partial charge in [-0.2, -0.15) is 0 Å². The van der Waals surface area contributed by atoms with Gasteiger partial charge in [0.25, 0.3) is 0 Å². The molecular weight excluding hydrogens is 410 g/mol. The third kappa shape index (κ3) is 9.06. The molecule has 0 amide bonds. The third-order valence-corrected chi connectivity index (χ3v) is 7.59. The van der Waals surface area contributed by atoms with Crippen molar-refractivity contribution in [2.45, 2.75) is 105 Å². The van der Waals surface area contributed by atoms with E-state index in [4.69, 9.17) is 0 Å². The van der Waals surface area contributed by atoms with Gasteiger partial charge >= 0.3 is 0 Å². The van der Waals surface area contributed by atoms with Gasteiger partial charge in [0.05, 0.1) is 0 Å². The average Bonchev–Trinajstić information content (AvgIpc) is 3.07. The van der Waals surface area contributed by atoms with Gasteiger partial charge in [-0.05, 0) is 113 Å². The van der Waals surface area contributed by atoms with Crippen molar-refractivity contribution in [3.63, 3.8) is 0 Å². The molecule has 1 nitrogen and oxygen atoms in total. The molecule has 34 heavy (non-hydrogen) atoms. The van der Waals surface area contributed by atoms with Crippen LogP contribution in [0.4, 0.5) is 0 Å². The van der Waals surface area contributed by atoms with Crippen LogP contribution in [0.5, 0.6) is 0 Å². The monoisotopic (exact) mass is 461 g/mol. The molecule has 2 aliphatic rings. The predicted molar refractivity (Wildman–Crippen MR) is 153 cm³/mol. The smallest absolute Gasteiger partial charge is 0.00780 e. The molecule has 188 valence electrons. The fourth-order valence-electron chi connectivity index (χ4n) is 6.30. The minimum Gasteiger partial charge on any atom is -0.314 e. The van der Waals surface area contributed by atoms with Gasteiger partial charge in [-0.3, -0.25) is 0 Å². The Bertz CT molecular complexity index is 831. The SMILES string of the molecule is C=C(C)C/C(C)=C\C(=C/C)C(=C)CCCC1(CCC)CC(NCC)CC(C2=CCC=CC=C2)C1. The molecule has 2 rings (SSSR count). The minimum absolute atomic E-state index is 0.432. The molecule has 1 fully saturated rings. The Kier molecular flexibility index (Phi) is 12.1. The molecule has 0 aromatic rings. The minimum atomic E-state index is 0.432. The van der Waals surface area contributed by atoms with Crippen LogP contribution in [0.25, 0.3) is 0 Å². The zero-order valence-corrected chi connectivity index (χ0v) is 22.9. The molecule has 3 unspecified atom stereocenters. The maximum Gasteiger partial charge on any atom is 0.00780 e. The van der Waals surface area contributed by atoms with Crippen molar-refractivity contribution >= 4 is 0 Å². The van der Waals surface area contributed by atoms with Crippen molar-refractivity contribution in [3.8, 4) is 0 Å². The van der Waals surface area contributed by atoms with Crippen molar-refractivity contribution in [2.24, 2.45) is 11.3 Å². The second kappa shape index (κ2) is 14.5. The van der Waals surface area contributed by atoms with E-state index >= 15 is 0 Å². The lowest BCUT2D eigenvalue weighted by Crippen LogP contribution is -2.43. The van der Waals surface area contributed by atoms with E-state index in [-0.39, 0.29) is 0 Å². The fourth-order valence-corrected chi connectivity index (χ4v) is 6.30. The Labute approximate surface area is 211 Å². The summed E-state index contributed by atoms with van der Waals surface area (Å²) in [5, 5.41) is 3.84. The lowest BCUT2D eigenvalue weighted by Gasteiger charge is -2.46. The molecule has 3 atom stereocenters. The average molecular weight is 462 g/mol. The van der Waals surface area contributed by atoms with Crippen LogP contribution >= 0.6 is 0 Å². The highest BCUT2D eigenvalue weighted by Gasteiger charge is 2.40. The molecule has 1 heteroatoms. The van der Waals surface area contributed by atoms with Crippen LogP contribution in [-0.2, 0) is 0 Å². The van der Waals surface area contributed by atoms with E-state index in [9.17, 15) is 0 Å². The van der Waals surface area contributed by atoms with Gasteiger partial charge in [0, 0.05) is 6.04 Å². The molecule has 0 aliphatic heterocycles. The van der Waals surface area contributed by atoms with Gasteiger partial charge < -0.3 is 5.32 Å². The Balaban J connectivity index is 2.11. The molecule has 0 radical (unpaired) electrons. The fraction of sp³-hybridized carbons (Fsp3) is 0.576. The van der Waals surface area contributed by atoms with Crippen molar-refractivity contribution in [2.75, 3.05) is 6.54 Å². The van der Waals surface area contributed by atoms with Crippen LogP contribution in [0.2, 0.25) is 0 Å². The number of allylic oxidation sites excluding steroid dienone is 12. The van der Waals surface area contributed by atoms with E-state index in [1.807, 2.05) is 0 Å². The van der Waals surface area contributed by atoms with E-state index < -0.39 is 0 Å². The lowest BCUT2D eigenvalue weighted by atomic mass is 9.61. The van der Waals surface area contributed by atoms with Crippen LogP contribution in [0.1, 0.15) is 98.8 Å². The molecule has 0 saturated heterocycles. The van der Waals surface area contributed by atoms with Crippen LogP contribution in [0.15, 0.2) is 83.6 Å². The van der Waals surface area contributed by atoms with Crippen molar-refractivity contribution < 1.29 is 0 Å². The summed E-state index contributed by atoms with van der Waals surface area (Å²) >= 11 is 0. The second-order valence-electron chi connectivity index (χ2n) is 10.9. The molecule has 0 aromatic heterocycles. The van der Waals surface area contributed by atoms with Crippen LogP contribution in [0.3, 0.4) is 0 Å². The van der Waals surface area contributed by atoms with Crippen LogP contribution < -0.4 is 5.32 Å². The summed E-state index contributed by atoms with van der Waals surface area (Å²) in [5.41, 5.74) is 7.16. The molecule has 0 bridgehead atoms. The first-order valence-corrected chi connectivity index (χ1v) is 13.7. The summed E-state index contributed by atoms with van der Waals surface area (Å²) in [5.74, 6) is 0.669. The molecule has 1 saturated carbocycles. The number of hydrogen-bond donors (Lipinski definition) is 1. The third-order valence-electron chi connectivity index (χ3n) is 7.59.